The zero-order valence-corrected chi connectivity index (χ0v) is 14.9. The van der Waals surface area contributed by atoms with Crippen LogP contribution in [0.2, 0.25) is 0 Å². The average Bonchev–Trinajstić information content (AvgIpc) is 2.93. The predicted octanol–water partition coefficient (Wildman–Crippen LogP) is 4.72. The number of Topliss-reactive ketones (excluding diaryl/α,β-unsaturated/α-hetero) is 1. The highest BCUT2D eigenvalue weighted by Gasteiger charge is 2.61. The Balaban J connectivity index is 1.69. The van der Waals surface area contributed by atoms with Gasteiger partial charge in [0.1, 0.15) is 5.78 Å². The molecule has 0 aliphatic heterocycles. The van der Waals surface area contributed by atoms with E-state index in [0.29, 0.717) is 28.8 Å². The van der Waals surface area contributed by atoms with E-state index in [1.165, 1.54) is 31.3 Å². The molecular weight excluding hydrogens is 284 g/mol. The van der Waals surface area contributed by atoms with E-state index in [1.54, 1.807) is 6.92 Å². The molecule has 2 nitrogen and oxygen atoms in total. The van der Waals surface area contributed by atoms with Gasteiger partial charge in [0.05, 0.1) is 0 Å². The summed E-state index contributed by atoms with van der Waals surface area (Å²) < 4.78 is 0. The van der Waals surface area contributed by atoms with Crippen molar-refractivity contribution in [1.82, 2.24) is 0 Å². The van der Waals surface area contributed by atoms with Gasteiger partial charge in [-0.15, -0.1) is 0 Å². The molecule has 0 saturated heterocycles. The molecule has 0 aromatic heterocycles. The lowest BCUT2D eigenvalue weighted by Crippen LogP contribution is -2.54. The molecule has 0 bridgehead atoms. The molecule has 0 heterocycles. The fraction of sp³-hybridized carbons (Fsp3) is 0.810. The van der Waals surface area contributed by atoms with Gasteiger partial charge in [-0.05, 0) is 86.5 Å². The Hall–Kier alpha value is -0.920. The van der Waals surface area contributed by atoms with E-state index < -0.39 is 0 Å². The molecule has 4 aliphatic carbocycles. The first-order valence-corrected chi connectivity index (χ1v) is 9.61. The number of allylic oxidation sites excluding steroid dienone is 1. The normalized spacial score (nSPS) is 49.0. The molecule has 0 aromatic carbocycles. The summed E-state index contributed by atoms with van der Waals surface area (Å²) in [5.41, 5.74) is 1.97. The van der Waals surface area contributed by atoms with Gasteiger partial charge in [0.15, 0.2) is 5.78 Å². The van der Waals surface area contributed by atoms with E-state index in [4.69, 9.17) is 0 Å². The molecule has 23 heavy (non-hydrogen) atoms. The second kappa shape index (κ2) is 5.04. The van der Waals surface area contributed by atoms with E-state index in [9.17, 15) is 9.59 Å². The molecule has 0 aromatic rings. The van der Waals surface area contributed by atoms with Crippen LogP contribution in [0.25, 0.3) is 0 Å². The first-order chi connectivity index (χ1) is 10.9. The monoisotopic (exact) mass is 314 g/mol. The van der Waals surface area contributed by atoms with E-state index in [0.717, 1.165) is 37.5 Å². The minimum Gasteiger partial charge on any atom is -0.300 e. The third-order valence-electron chi connectivity index (χ3n) is 8.63. The van der Waals surface area contributed by atoms with E-state index in [1.807, 2.05) is 6.08 Å². The fourth-order valence-electron chi connectivity index (χ4n) is 7.13. The van der Waals surface area contributed by atoms with Crippen molar-refractivity contribution >= 4 is 11.6 Å². The maximum absolute atomic E-state index is 12.0. The Morgan fingerprint density at radius 3 is 2.57 bits per heavy atom. The first-order valence-electron chi connectivity index (χ1n) is 9.61. The van der Waals surface area contributed by atoms with Crippen LogP contribution in [0, 0.1) is 34.5 Å². The predicted molar refractivity (Wildman–Crippen MR) is 90.9 cm³/mol. The Morgan fingerprint density at radius 1 is 1.04 bits per heavy atom. The molecular formula is C21H30O2. The Kier molecular flexibility index (Phi) is 3.42. The third kappa shape index (κ3) is 1.99. The lowest BCUT2D eigenvalue weighted by molar-refractivity contribution is -0.128. The van der Waals surface area contributed by atoms with Gasteiger partial charge in [-0.3, -0.25) is 9.59 Å². The van der Waals surface area contributed by atoms with Crippen molar-refractivity contribution in [2.45, 2.75) is 72.1 Å². The summed E-state index contributed by atoms with van der Waals surface area (Å²) in [6, 6.07) is 0. The van der Waals surface area contributed by atoms with Gasteiger partial charge in [0.25, 0.3) is 0 Å². The highest BCUT2D eigenvalue weighted by molar-refractivity contribution is 5.91. The zero-order valence-electron chi connectivity index (χ0n) is 14.9. The summed E-state index contributed by atoms with van der Waals surface area (Å²) in [4.78, 5) is 23.9. The van der Waals surface area contributed by atoms with E-state index in [2.05, 4.69) is 13.8 Å². The summed E-state index contributed by atoms with van der Waals surface area (Å²) in [6.45, 7) is 6.75. The van der Waals surface area contributed by atoms with Crippen molar-refractivity contribution < 1.29 is 9.59 Å². The van der Waals surface area contributed by atoms with Crippen LogP contribution in [-0.4, -0.2) is 11.6 Å². The molecule has 0 N–H and O–H groups in total. The first kappa shape index (κ1) is 15.6. The van der Waals surface area contributed by atoms with Crippen LogP contribution in [0.5, 0.6) is 0 Å². The maximum Gasteiger partial charge on any atom is 0.155 e. The van der Waals surface area contributed by atoms with Crippen LogP contribution in [0.15, 0.2) is 11.6 Å². The SMILES string of the molecule is CC(=O)[C@H]1CC[C@@H]2[C@@H]1CC[C@@]1(C)[C@H]2CCC2=CC(=O)CC[C@@]21C. The molecule has 0 radical (unpaired) electrons. The minimum atomic E-state index is 0.211. The molecule has 0 unspecified atom stereocenters. The number of carbonyl (C=O) groups excluding carboxylic acids is 2. The summed E-state index contributed by atoms with van der Waals surface area (Å²) in [6.07, 6.45) is 10.9. The molecule has 0 spiro atoms. The minimum absolute atomic E-state index is 0.211. The molecule has 6 atom stereocenters. The summed E-state index contributed by atoms with van der Waals surface area (Å²) in [5, 5.41) is 0. The number of carbonyl (C=O) groups is 2. The van der Waals surface area contributed by atoms with Crippen LogP contribution < -0.4 is 0 Å². The number of fused-ring (bicyclic) bond motifs is 5. The van der Waals surface area contributed by atoms with Crippen LogP contribution in [0.1, 0.15) is 72.1 Å². The van der Waals surface area contributed by atoms with Crippen molar-refractivity contribution in [3.63, 3.8) is 0 Å². The van der Waals surface area contributed by atoms with Gasteiger partial charge >= 0.3 is 0 Å². The lowest BCUT2D eigenvalue weighted by Gasteiger charge is -2.62. The van der Waals surface area contributed by atoms with E-state index >= 15 is 0 Å². The molecule has 126 valence electrons. The van der Waals surface area contributed by atoms with E-state index in [-0.39, 0.29) is 5.41 Å². The van der Waals surface area contributed by atoms with Gasteiger partial charge < -0.3 is 0 Å². The smallest absolute Gasteiger partial charge is 0.155 e. The maximum atomic E-state index is 12.0. The highest BCUT2D eigenvalue weighted by Crippen LogP contribution is 2.68. The highest BCUT2D eigenvalue weighted by atomic mass is 16.1. The Labute approximate surface area is 140 Å². The molecule has 3 fully saturated rings. The molecule has 2 heteroatoms. The van der Waals surface area contributed by atoms with Gasteiger partial charge in [-0.25, -0.2) is 0 Å². The molecule has 4 rings (SSSR count). The van der Waals surface area contributed by atoms with Crippen molar-refractivity contribution in [2.24, 2.45) is 34.5 Å². The fourth-order valence-corrected chi connectivity index (χ4v) is 7.13. The number of rotatable bonds is 1. The lowest BCUT2D eigenvalue weighted by atomic mass is 9.42. The van der Waals surface area contributed by atoms with Crippen molar-refractivity contribution in [2.75, 3.05) is 0 Å². The number of hydrogen-bond donors (Lipinski definition) is 0. The summed E-state index contributed by atoms with van der Waals surface area (Å²) in [7, 11) is 0. The second-order valence-electron chi connectivity index (χ2n) is 9.19. The standard InChI is InChI=1S/C21H30O2/c1-13(22)16-5-6-18-17(16)9-11-21(3)19(18)7-4-14-12-15(23)8-10-20(14,21)2/h12,16-19H,4-11H2,1-3H3/t16-,17-,18-,19+,20+,21+/m1/s1. The van der Waals surface area contributed by atoms with Crippen molar-refractivity contribution in [1.29, 1.82) is 0 Å². The van der Waals surface area contributed by atoms with Gasteiger partial charge in [-0.1, -0.05) is 19.4 Å². The topological polar surface area (TPSA) is 34.1 Å². The number of hydrogen-bond acceptors (Lipinski definition) is 2. The largest absolute Gasteiger partial charge is 0.300 e. The third-order valence-corrected chi connectivity index (χ3v) is 8.63. The van der Waals surface area contributed by atoms with Gasteiger partial charge in [-0.2, -0.15) is 0 Å². The average molecular weight is 314 g/mol. The summed E-state index contributed by atoms with van der Waals surface area (Å²) >= 11 is 0. The molecule has 3 saturated carbocycles. The van der Waals surface area contributed by atoms with Crippen molar-refractivity contribution in [3.8, 4) is 0 Å². The van der Waals surface area contributed by atoms with Gasteiger partial charge in [0, 0.05) is 12.3 Å². The summed E-state index contributed by atoms with van der Waals surface area (Å²) in [5.74, 6) is 3.24. The van der Waals surface area contributed by atoms with Crippen LogP contribution in [0.3, 0.4) is 0 Å². The molecule has 4 aliphatic rings. The van der Waals surface area contributed by atoms with Crippen LogP contribution in [0.4, 0.5) is 0 Å². The Morgan fingerprint density at radius 2 is 1.83 bits per heavy atom. The second-order valence-corrected chi connectivity index (χ2v) is 9.19. The van der Waals surface area contributed by atoms with Crippen LogP contribution >= 0.6 is 0 Å². The zero-order chi connectivity index (χ0) is 16.4. The van der Waals surface area contributed by atoms with Crippen molar-refractivity contribution in [3.05, 3.63) is 11.6 Å². The van der Waals surface area contributed by atoms with Crippen LogP contribution in [-0.2, 0) is 9.59 Å². The number of ketones is 2. The Bertz CT molecular complexity index is 589. The van der Waals surface area contributed by atoms with Gasteiger partial charge in [0.2, 0.25) is 0 Å². The quantitative estimate of drug-likeness (QED) is 0.701. The molecule has 0 amide bonds.